The Morgan fingerprint density at radius 2 is 1.14 bits per heavy atom. The summed E-state index contributed by atoms with van der Waals surface area (Å²) >= 11 is 0. The van der Waals surface area contributed by atoms with Gasteiger partial charge in [0, 0.05) is 34.1 Å². The van der Waals surface area contributed by atoms with E-state index in [4.69, 9.17) is 15.0 Å². The molecule has 200 valence electrons. The molecule has 8 aromatic rings. The average Bonchev–Trinajstić information content (AvgIpc) is 3.39. The van der Waals surface area contributed by atoms with Crippen LogP contribution in [0.15, 0.2) is 152 Å². The molecule has 0 unspecified atom stereocenters. The van der Waals surface area contributed by atoms with E-state index >= 15 is 0 Å². The van der Waals surface area contributed by atoms with Gasteiger partial charge in [-0.25, -0.2) is 4.98 Å². The number of nitrogens with zero attached hydrogens (tertiary/aromatic N) is 3. The highest BCUT2D eigenvalue weighted by Gasteiger charge is 2.47. The highest BCUT2D eigenvalue weighted by atomic mass is 14.7. The van der Waals surface area contributed by atoms with Crippen molar-refractivity contribution in [3.05, 3.63) is 174 Å². The molecule has 0 fully saturated rings. The normalized spacial score (nSPS) is 13.3. The fourth-order valence-corrected chi connectivity index (χ4v) is 7.16. The van der Waals surface area contributed by atoms with Crippen LogP contribution < -0.4 is 0 Å². The van der Waals surface area contributed by atoms with Gasteiger partial charge in [-0.1, -0.05) is 109 Å². The molecule has 9 rings (SSSR count). The second-order valence-electron chi connectivity index (χ2n) is 11.2. The molecule has 3 nitrogen and oxygen atoms in total. The third kappa shape index (κ3) is 3.39. The molecule has 1 aliphatic rings. The lowest BCUT2D eigenvalue weighted by Gasteiger charge is -2.32. The number of benzene rings is 5. The van der Waals surface area contributed by atoms with Gasteiger partial charge in [-0.3, -0.25) is 9.97 Å². The maximum Gasteiger partial charge on any atom is 0.0886 e. The van der Waals surface area contributed by atoms with Gasteiger partial charge in [-0.05, 0) is 63.5 Å². The third-order valence-electron chi connectivity index (χ3n) is 9.01. The van der Waals surface area contributed by atoms with Crippen molar-refractivity contribution in [1.82, 2.24) is 15.0 Å². The molecular formula is C40H25N3. The van der Waals surface area contributed by atoms with E-state index in [0.717, 1.165) is 49.5 Å². The molecular weight excluding hydrogens is 522 g/mol. The second kappa shape index (κ2) is 9.17. The number of pyridine rings is 3. The Balaban J connectivity index is 1.31. The van der Waals surface area contributed by atoms with E-state index in [-0.39, 0.29) is 0 Å². The van der Waals surface area contributed by atoms with E-state index in [2.05, 4.69) is 127 Å². The lowest BCUT2D eigenvalue weighted by atomic mass is 9.69. The Kier molecular flexibility index (Phi) is 5.11. The summed E-state index contributed by atoms with van der Waals surface area (Å²) in [6, 6.07) is 49.7. The van der Waals surface area contributed by atoms with Crippen molar-refractivity contribution < 1.29 is 0 Å². The lowest BCUT2D eigenvalue weighted by molar-refractivity contribution is 0.735. The van der Waals surface area contributed by atoms with Crippen LogP contribution >= 0.6 is 0 Å². The lowest BCUT2D eigenvalue weighted by Crippen LogP contribution is -2.29. The van der Waals surface area contributed by atoms with Crippen molar-refractivity contribution in [2.45, 2.75) is 5.41 Å². The molecule has 43 heavy (non-hydrogen) atoms. The maximum absolute atomic E-state index is 5.32. The predicted octanol–water partition coefficient (Wildman–Crippen LogP) is 9.36. The van der Waals surface area contributed by atoms with E-state index in [1.807, 2.05) is 24.5 Å². The number of aromatic nitrogens is 3. The molecule has 0 spiro atoms. The number of hydrogen-bond donors (Lipinski definition) is 0. The molecule has 0 saturated carbocycles. The zero-order valence-corrected chi connectivity index (χ0v) is 23.3. The second-order valence-corrected chi connectivity index (χ2v) is 11.2. The smallest absolute Gasteiger partial charge is 0.0886 e. The van der Waals surface area contributed by atoms with Crippen molar-refractivity contribution >= 4 is 32.6 Å². The number of fused-ring (bicyclic) bond motifs is 8. The van der Waals surface area contributed by atoms with Gasteiger partial charge in [-0.2, -0.15) is 0 Å². The minimum Gasteiger partial charge on any atom is -0.260 e. The van der Waals surface area contributed by atoms with Crippen molar-refractivity contribution in [1.29, 1.82) is 0 Å². The molecule has 3 heterocycles. The molecule has 0 radical (unpaired) electrons. The summed E-state index contributed by atoms with van der Waals surface area (Å²) < 4.78 is 0. The van der Waals surface area contributed by atoms with E-state index in [1.165, 1.54) is 27.8 Å². The van der Waals surface area contributed by atoms with Crippen molar-refractivity contribution in [2.24, 2.45) is 0 Å². The molecule has 5 aromatic carbocycles. The van der Waals surface area contributed by atoms with Crippen LogP contribution in [0, 0.1) is 0 Å². The van der Waals surface area contributed by atoms with Crippen LogP contribution in [0.5, 0.6) is 0 Å². The van der Waals surface area contributed by atoms with Gasteiger partial charge in [0.25, 0.3) is 0 Å². The van der Waals surface area contributed by atoms with Crippen molar-refractivity contribution in [2.75, 3.05) is 0 Å². The van der Waals surface area contributed by atoms with Crippen LogP contribution in [0.4, 0.5) is 0 Å². The van der Waals surface area contributed by atoms with Gasteiger partial charge in [-0.15, -0.1) is 0 Å². The van der Waals surface area contributed by atoms with Gasteiger partial charge in [0.15, 0.2) is 0 Å². The van der Waals surface area contributed by atoms with Crippen molar-refractivity contribution in [3.63, 3.8) is 0 Å². The summed E-state index contributed by atoms with van der Waals surface area (Å²) in [4.78, 5) is 15.1. The average molecular weight is 548 g/mol. The molecule has 0 atom stereocenters. The Morgan fingerprint density at radius 3 is 1.91 bits per heavy atom. The zero-order valence-electron chi connectivity index (χ0n) is 23.3. The summed E-state index contributed by atoms with van der Waals surface area (Å²) in [7, 11) is 0. The summed E-state index contributed by atoms with van der Waals surface area (Å²) in [5.41, 5.74) is 10.6. The Morgan fingerprint density at radius 1 is 0.465 bits per heavy atom. The fourth-order valence-electron chi connectivity index (χ4n) is 7.16. The summed E-state index contributed by atoms with van der Waals surface area (Å²) in [5, 5.41) is 4.46. The summed E-state index contributed by atoms with van der Waals surface area (Å²) in [6.07, 6.45) is 3.76. The fraction of sp³-hybridized carbons (Fsp3) is 0.0250. The largest absolute Gasteiger partial charge is 0.260 e. The summed E-state index contributed by atoms with van der Waals surface area (Å²) in [6.45, 7) is 0. The molecule has 3 heteroatoms. The Hall–Kier alpha value is -5.67. The monoisotopic (exact) mass is 547 g/mol. The van der Waals surface area contributed by atoms with Crippen LogP contribution in [0.3, 0.4) is 0 Å². The minimum absolute atomic E-state index is 0.547. The van der Waals surface area contributed by atoms with Crippen LogP contribution in [-0.2, 0) is 5.41 Å². The molecule has 1 aliphatic carbocycles. The molecule has 0 amide bonds. The Bertz CT molecular complexity index is 2310. The quantitative estimate of drug-likeness (QED) is 0.207. The van der Waals surface area contributed by atoms with Gasteiger partial charge < -0.3 is 0 Å². The third-order valence-corrected chi connectivity index (χ3v) is 9.01. The van der Waals surface area contributed by atoms with Crippen LogP contribution in [0.1, 0.15) is 22.4 Å². The van der Waals surface area contributed by atoms with Gasteiger partial charge in [0.05, 0.1) is 27.8 Å². The molecule has 0 aliphatic heterocycles. The van der Waals surface area contributed by atoms with Crippen molar-refractivity contribution in [3.8, 4) is 22.4 Å². The standard InChI is InChI=1S/C40H25N3/c1-3-14-33-31(12-1)32-13-2-4-15-34(32)40(33,36-16-5-6-23-41-36)30-11-7-9-29(25-30)35-22-21-28-20-18-26-17-19-27-10-8-24-42-38(27)37(26)39(28)43-35/h1-25H. The van der Waals surface area contributed by atoms with Gasteiger partial charge >= 0.3 is 0 Å². The van der Waals surface area contributed by atoms with E-state index in [0.29, 0.717) is 0 Å². The minimum atomic E-state index is -0.547. The van der Waals surface area contributed by atoms with Crippen LogP contribution in [-0.4, -0.2) is 15.0 Å². The SMILES string of the molecule is c1ccc(C2(c3cccc(-c4ccc5ccc6ccc7cccnc7c6c5n4)c3)c3ccccc3-c3ccccc32)nc1. The molecule has 0 bridgehead atoms. The highest BCUT2D eigenvalue weighted by Crippen LogP contribution is 2.55. The predicted molar refractivity (Wildman–Crippen MR) is 175 cm³/mol. The first-order valence-corrected chi connectivity index (χ1v) is 14.6. The zero-order chi connectivity index (χ0) is 28.4. The molecule has 0 saturated heterocycles. The van der Waals surface area contributed by atoms with Gasteiger partial charge in [0.1, 0.15) is 0 Å². The van der Waals surface area contributed by atoms with Gasteiger partial charge in [0.2, 0.25) is 0 Å². The van der Waals surface area contributed by atoms with Crippen LogP contribution in [0.2, 0.25) is 0 Å². The number of rotatable bonds is 3. The van der Waals surface area contributed by atoms with Crippen LogP contribution in [0.25, 0.3) is 55.0 Å². The first-order chi connectivity index (χ1) is 21.3. The maximum atomic E-state index is 5.32. The Labute approximate surface area is 249 Å². The first kappa shape index (κ1) is 24.0. The highest BCUT2D eigenvalue weighted by molar-refractivity contribution is 6.17. The van der Waals surface area contributed by atoms with E-state index < -0.39 is 5.41 Å². The summed E-state index contributed by atoms with van der Waals surface area (Å²) in [5.74, 6) is 0. The topological polar surface area (TPSA) is 38.7 Å². The molecule has 0 N–H and O–H groups in total. The number of hydrogen-bond acceptors (Lipinski definition) is 3. The van der Waals surface area contributed by atoms with E-state index in [1.54, 1.807) is 0 Å². The first-order valence-electron chi connectivity index (χ1n) is 14.6. The van der Waals surface area contributed by atoms with E-state index in [9.17, 15) is 0 Å². The molecule has 3 aromatic heterocycles.